The molecule has 0 aliphatic rings. The number of carbonyl (C=O) groups excluding carboxylic acids is 1. The minimum absolute atomic E-state index is 0.0333. The number of hydrogen-bond donors (Lipinski definition) is 1. The van der Waals surface area contributed by atoms with Gasteiger partial charge in [-0.15, -0.1) is 0 Å². The second kappa shape index (κ2) is 31.4. The van der Waals surface area contributed by atoms with Crippen LogP contribution in [0.5, 0.6) is 0 Å². The zero-order valence-electron chi connectivity index (χ0n) is 26.1. The molecule has 0 bridgehead atoms. The van der Waals surface area contributed by atoms with E-state index in [9.17, 15) is 9.59 Å². The topological polar surface area (TPSA) is 63.6 Å². The van der Waals surface area contributed by atoms with Gasteiger partial charge in [0.25, 0.3) is 0 Å². The summed E-state index contributed by atoms with van der Waals surface area (Å²) < 4.78 is 5.59. The van der Waals surface area contributed by atoms with E-state index in [0.717, 1.165) is 70.6 Å². The van der Waals surface area contributed by atoms with Crippen molar-refractivity contribution in [3.63, 3.8) is 0 Å². The van der Waals surface area contributed by atoms with Crippen LogP contribution in [0.1, 0.15) is 162 Å². The molecule has 0 saturated carbocycles. The highest BCUT2D eigenvalue weighted by Gasteiger charge is 2.08. The first kappa shape index (κ1) is 37.9. The molecule has 0 spiro atoms. The molecule has 1 atom stereocenters. The third-order valence-corrected chi connectivity index (χ3v) is 7.05. The Hall–Kier alpha value is -2.10. The molecular formula is C36H62O4. The minimum atomic E-state index is -0.673. The molecule has 1 unspecified atom stereocenters. The molecule has 0 aromatic rings. The van der Waals surface area contributed by atoms with Gasteiger partial charge in [0, 0.05) is 12.8 Å². The summed E-state index contributed by atoms with van der Waals surface area (Å²) in [6.45, 7) is 4.18. The van der Waals surface area contributed by atoms with E-state index in [-0.39, 0.29) is 12.1 Å². The molecule has 0 fully saturated rings. The fourth-order valence-corrected chi connectivity index (χ4v) is 4.62. The number of allylic oxidation sites excluding steroid dienone is 8. The molecule has 0 amide bonds. The fourth-order valence-electron chi connectivity index (χ4n) is 4.62. The van der Waals surface area contributed by atoms with Gasteiger partial charge in [-0.1, -0.05) is 126 Å². The van der Waals surface area contributed by atoms with Crippen molar-refractivity contribution in [1.29, 1.82) is 0 Å². The van der Waals surface area contributed by atoms with Gasteiger partial charge in [0.05, 0.1) is 6.10 Å². The number of unbranched alkanes of at least 4 members (excludes halogenated alkanes) is 14. The quantitative estimate of drug-likeness (QED) is 0.0563. The normalized spacial score (nSPS) is 12.8. The molecule has 0 radical (unpaired) electrons. The van der Waals surface area contributed by atoms with Crippen molar-refractivity contribution < 1.29 is 19.4 Å². The van der Waals surface area contributed by atoms with Gasteiger partial charge < -0.3 is 9.84 Å². The molecule has 4 heteroatoms. The van der Waals surface area contributed by atoms with Crippen LogP contribution in [0.2, 0.25) is 0 Å². The second-order valence-corrected chi connectivity index (χ2v) is 11.1. The van der Waals surface area contributed by atoms with Gasteiger partial charge in [0.2, 0.25) is 0 Å². The van der Waals surface area contributed by atoms with Crippen molar-refractivity contribution in [3.8, 4) is 0 Å². The van der Waals surface area contributed by atoms with Gasteiger partial charge in [-0.2, -0.15) is 0 Å². The minimum Gasteiger partial charge on any atom is -0.481 e. The monoisotopic (exact) mass is 558 g/mol. The first-order valence-corrected chi connectivity index (χ1v) is 16.6. The Kier molecular flexibility index (Phi) is 29.8. The number of rotatable bonds is 29. The Morgan fingerprint density at radius 2 is 1.00 bits per heavy atom. The first-order chi connectivity index (χ1) is 19.6. The molecule has 0 aliphatic heterocycles. The van der Waals surface area contributed by atoms with Crippen LogP contribution in [0.15, 0.2) is 48.6 Å². The van der Waals surface area contributed by atoms with Crippen LogP contribution in [0.4, 0.5) is 0 Å². The third kappa shape index (κ3) is 32.1. The van der Waals surface area contributed by atoms with Gasteiger partial charge in [-0.3, -0.25) is 9.59 Å². The van der Waals surface area contributed by atoms with Crippen molar-refractivity contribution in [2.45, 2.75) is 168 Å². The van der Waals surface area contributed by atoms with Crippen LogP contribution < -0.4 is 0 Å². The van der Waals surface area contributed by atoms with Crippen LogP contribution >= 0.6 is 0 Å². The lowest BCUT2D eigenvalue weighted by atomic mass is 10.0. The zero-order valence-corrected chi connectivity index (χ0v) is 26.1. The summed E-state index contributed by atoms with van der Waals surface area (Å²) in [4.78, 5) is 22.6. The van der Waals surface area contributed by atoms with Gasteiger partial charge in [0.1, 0.15) is 0 Å². The Labute approximate surface area is 247 Å². The van der Waals surface area contributed by atoms with E-state index in [0.29, 0.717) is 12.8 Å². The molecule has 1 N–H and O–H groups in total. The molecular weight excluding hydrogens is 496 g/mol. The lowest BCUT2D eigenvalue weighted by Crippen LogP contribution is -2.14. The van der Waals surface area contributed by atoms with Gasteiger partial charge in [-0.25, -0.2) is 0 Å². The summed E-state index contributed by atoms with van der Waals surface area (Å²) in [5, 5.41) is 8.63. The molecule has 0 aromatic heterocycles. The van der Waals surface area contributed by atoms with Crippen LogP contribution in [0.25, 0.3) is 0 Å². The van der Waals surface area contributed by atoms with E-state index < -0.39 is 5.97 Å². The summed E-state index contributed by atoms with van der Waals surface area (Å²) in [5.41, 5.74) is 0. The van der Waals surface area contributed by atoms with Crippen LogP contribution in [-0.4, -0.2) is 23.1 Å². The Morgan fingerprint density at radius 1 is 0.575 bits per heavy atom. The molecule has 40 heavy (non-hydrogen) atoms. The molecule has 0 aromatic carbocycles. The predicted octanol–water partition coefficient (Wildman–Crippen LogP) is 11.2. The summed E-state index contributed by atoms with van der Waals surface area (Å²) >= 11 is 0. The maximum atomic E-state index is 12.1. The number of carboxylic acids is 1. The first-order valence-electron chi connectivity index (χ1n) is 16.6. The molecule has 0 aliphatic carbocycles. The van der Waals surface area contributed by atoms with E-state index >= 15 is 0 Å². The smallest absolute Gasteiger partial charge is 0.306 e. The van der Waals surface area contributed by atoms with Gasteiger partial charge >= 0.3 is 11.9 Å². The highest BCUT2D eigenvalue weighted by molar-refractivity contribution is 5.69. The second-order valence-electron chi connectivity index (χ2n) is 11.1. The van der Waals surface area contributed by atoms with E-state index in [2.05, 4.69) is 55.5 Å². The van der Waals surface area contributed by atoms with E-state index in [1.165, 1.54) is 64.2 Å². The van der Waals surface area contributed by atoms with Gasteiger partial charge in [0.15, 0.2) is 0 Å². The average Bonchev–Trinajstić information content (AvgIpc) is 2.92. The lowest BCUT2D eigenvalue weighted by Gasteiger charge is -2.13. The Morgan fingerprint density at radius 3 is 1.50 bits per heavy atom. The average molecular weight is 559 g/mol. The summed E-state index contributed by atoms with van der Waals surface area (Å²) in [7, 11) is 0. The van der Waals surface area contributed by atoms with Crippen LogP contribution in [0.3, 0.4) is 0 Å². The van der Waals surface area contributed by atoms with Crippen LogP contribution in [-0.2, 0) is 14.3 Å². The van der Waals surface area contributed by atoms with Crippen molar-refractivity contribution in [1.82, 2.24) is 0 Å². The van der Waals surface area contributed by atoms with Crippen molar-refractivity contribution in [2.24, 2.45) is 0 Å². The summed E-state index contributed by atoms with van der Waals surface area (Å²) in [6.07, 6.45) is 42.4. The molecule has 230 valence electrons. The number of ether oxygens (including phenoxy) is 1. The maximum Gasteiger partial charge on any atom is 0.306 e. The summed E-state index contributed by atoms with van der Waals surface area (Å²) in [6, 6.07) is 0. The number of hydrogen-bond acceptors (Lipinski definition) is 3. The maximum absolute atomic E-state index is 12.1. The number of esters is 1. The van der Waals surface area contributed by atoms with Gasteiger partial charge in [-0.05, 0) is 71.1 Å². The number of carbonyl (C=O) groups is 2. The zero-order chi connectivity index (χ0) is 29.4. The van der Waals surface area contributed by atoms with Crippen LogP contribution in [0, 0.1) is 0 Å². The van der Waals surface area contributed by atoms with Crippen molar-refractivity contribution in [3.05, 3.63) is 48.6 Å². The predicted molar refractivity (Wildman–Crippen MR) is 172 cm³/mol. The SMILES string of the molecule is CC/C=C\C/C=C\C/C=C\C/C=C\CCCCC(=O)OC(C)CCCCCCCCCCCCCCCC(=O)O. The molecule has 0 rings (SSSR count). The number of carboxylic acid groups (broad SMARTS) is 1. The Balaban J connectivity index is 3.43. The molecule has 0 saturated heterocycles. The fraction of sp³-hybridized carbons (Fsp3) is 0.722. The van der Waals surface area contributed by atoms with Crippen molar-refractivity contribution >= 4 is 11.9 Å². The standard InChI is InChI=1S/C36H62O4/c1-3-4-5-6-7-8-9-10-11-15-18-21-24-27-30-33-36(39)40-34(2)31-28-25-22-19-16-13-12-14-17-20-23-26-29-32-35(37)38/h4-5,7-8,10-11,18,21,34H,3,6,9,12-17,19-20,22-33H2,1-2H3,(H,37,38)/b5-4-,8-7-,11-10-,21-18-. The number of aliphatic carboxylic acids is 1. The van der Waals surface area contributed by atoms with E-state index in [1.54, 1.807) is 0 Å². The largest absolute Gasteiger partial charge is 0.481 e. The van der Waals surface area contributed by atoms with E-state index in [4.69, 9.17) is 9.84 Å². The third-order valence-electron chi connectivity index (χ3n) is 7.05. The van der Waals surface area contributed by atoms with Crippen molar-refractivity contribution in [2.75, 3.05) is 0 Å². The highest BCUT2D eigenvalue weighted by Crippen LogP contribution is 2.15. The summed E-state index contributed by atoms with van der Waals surface area (Å²) in [5.74, 6) is -0.716. The molecule has 0 heterocycles. The van der Waals surface area contributed by atoms with E-state index in [1.807, 2.05) is 6.92 Å². The molecule has 4 nitrogen and oxygen atoms in total. The lowest BCUT2D eigenvalue weighted by molar-refractivity contribution is -0.148. The highest BCUT2D eigenvalue weighted by atomic mass is 16.5. The Bertz CT molecular complexity index is 689.